The molecule has 1 atom stereocenters. The van der Waals surface area contributed by atoms with Gasteiger partial charge in [-0.1, -0.05) is 12.1 Å². The number of aryl methyl sites for hydroxylation is 1. The van der Waals surface area contributed by atoms with Crippen molar-refractivity contribution in [3.05, 3.63) is 35.3 Å². The van der Waals surface area contributed by atoms with Crippen LogP contribution in [0.15, 0.2) is 34.5 Å². The van der Waals surface area contributed by atoms with Gasteiger partial charge in [-0.3, -0.25) is 0 Å². The number of benzene rings is 1. The smallest absolute Gasteiger partial charge is 0.243 e. The van der Waals surface area contributed by atoms with Gasteiger partial charge in [0.15, 0.2) is 0 Å². The van der Waals surface area contributed by atoms with E-state index < -0.39 is 10.0 Å². The van der Waals surface area contributed by atoms with Crippen molar-refractivity contribution in [3.63, 3.8) is 0 Å². The predicted molar refractivity (Wildman–Crippen MR) is 83.6 cm³/mol. The van der Waals surface area contributed by atoms with Crippen LogP contribution in [0.25, 0.3) is 10.6 Å². The van der Waals surface area contributed by atoms with Gasteiger partial charge in [-0.2, -0.15) is 4.31 Å². The zero-order valence-corrected chi connectivity index (χ0v) is 13.3. The number of thiazole rings is 1. The second-order valence-electron chi connectivity index (χ2n) is 5.23. The molecule has 5 nitrogen and oxygen atoms in total. The summed E-state index contributed by atoms with van der Waals surface area (Å²) in [6, 6.07) is 6.84. The summed E-state index contributed by atoms with van der Waals surface area (Å²) in [5.41, 5.74) is 7.69. The number of hydrogen-bond donors (Lipinski definition) is 1. The van der Waals surface area contributed by atoms with Gasteiger partial charge in [-0.25, -0.2) is 13.4 Å². The van der Waals surface area contributed by atoms with Crippen molar-refractivity contribution in [2.75, 3.05) is 13.1 Å². The maximum absolute atomic E-state index is 12.5. The van der Waals surface area contributed by atoms with Gasteiger partial charge in [-0.15, -0.1) is 11.3 Å². The number of hydrogen-bond acceptors (Lipinski definition) is 5. The Morgan fingerprint density at radius 1 is 1.33 bits per heavy atom. The van der Waals surface area contributed by atoms with Gasteiger partial charge in [0.2, 0.25) is 10.0 Å². The van der Waals surface area contributed by atoms with Crippen LogP contribution in [0, 0.1) is 6.92 Å². The van der Waals surface area contributed by atoms with Crippen LogP contribution in [0.1, 0.15) is 12.1 Å². The highest BCUT2D eigenvalue weighted by atomic mass is 32.2. The normalized spacial score (nSPS) is 20.0. The average Bonchev–Trinajstić information content (AvgIpc) is 3.08. The van der Waals surface area contributed by atoms with E-state index in [0.717, 1.165) is 22.7 Å². The number of rotatable bonds is 3. The fraction of sp³-hybridized carbons (Fsp3) is 0.357. The molecule has 0 saturated carbocycles. The minimum absolute atomic E-state index is 0.0580. The van der Waals surface area contributed by atoms with Crippen LogP contribution in [0.3, 0.4) is 0 Å². The van der Waals surface area contributed by atoms with Crippen molar-refractivity contribution in [3.8, 4) is 10.6 Å². The van der Waals surface area contributed by atoms with Gasteiger partial charge >= 0.3 is 0 Å². The first-order chi connectivity index (χ1) is 9.96. The highest BCUT2D eigenvalue weighted by molar-refractivity contribution is 7.89. The molecular formula is C14H17N3O2S2. The molecule has 2 N–H and O–H groups in total. The molecule has 1 aliphatic rings. The van der Waals surface area contributed by atoms with Gasteiger partial charge in [0.1, 0.15) is 5.01 Å². The van der Waals surface area contributed by atoms with Crippen molar-refractivity contribution >= 4 is 21.4 Å². The molecule has 1 saturated heterocycles. The molecule has 1 aromatic carbocycles. The molecule has 3 rings (SSSR count). The molecule has 0 radical (unpaired) electrons. The lowest BCUT2D eigenvalue weighted by Crippen LogP contribution is -2.31. The van der Waals surface area contributed by atoms with Crippen molar-refractivity contribution in [2.24, 2.45) is 5.73 Å². The van der Waals surface area contributed by atoms with Crippen LogP contribution in [-0.4, -0.2) is 36.8 Å². The Hall–Kier alpha value is -1.28. The number of sulfonamides is 1. The quantitative estimate of drug-likeness (QED) is 0.935. The summed E-state index contributed by atoms with van der Waals surface area (Å²) >= 11 is 1.55. The fourth-order valence-electron chi connectivity index (χ4n) is 2.38. The van der Waals surface area contributed by atoms with Crippen molar-refractivity contribution in [1.29, 1.82) is 0 Å². The summed E-state index contributed by atoms with van der Waals surface area (Å²) in [7, 11) is -3.43. The molecule has 2 aromatic rings. The minimum Gasteiger partial charge on any atom is -0.326 e. The molecule has 0 aliphatic carbocycles. The van der Waals surface area contributed by atoms with E-state index in [1.165, 1.54) is 4.31 Å². The van der Waals surface area contributed by atoms with Crippen molar-refractivity contribution in [1.82, 2.24) is 9.29 Å². The lowest BCUT2D eigenvalue weighted by atomic mass is 10.2. The molecule has 21 heavy (non-hydrogen) atoms. The van der Waals surface area contributed by atoms with Gasteiger partial charge < -0.3 is 5.73 Å². The zero-order chi connectivity index (χ0) is 15.0. The van der Waals surface area contributed by atoms with Crippen LogP contribution in [0.5, 0.6) is 0 Å². The standard InChI is InChI=1S/C14H17N3O2S2/c1-10-9-20-14(16-10)11-2-4-13(5-3-11)21(18,19)17-7-6-12(15)8-17/h2-5,9,12H,6-8,15H2,1H3/t12-/m0/s1. The third-order valence-corrected chi connectivity index (χ3v) is 6.43. The lowest BCUT2D eigenvalue weighted by molar-refractivity contribution is 0.472. The molecule has 1 aliphatic heterocycles. The highest BCUT2D eigenvalue weighted by Crippen LogP contribution is 2.26. The summed E-state index contributed by atoms with van der Waals surface area (Å²) < 4.78 is 26.4. The van der Waals surface area contributed by atoms with Crippen LogP contribution < -0.4 is 5.73 Å². The van der Waals surface area contributed by atoms with E-state index in [4.69, 9.17) is 5.73 Å². The maximum Gasteiger partial charge on any atom is 0.243 e. The predicted octanol–water partition coefficient (Wildman–Crippen LogP) is 1.84. The topological polar surface area (TPSA) is 76.3 Å². The van der Waals surface area contributed by atoms with Crippen LogP contribution in [0.4, 0.5) is 0 Å². The Morgan fingerprint density at radius 3 is 2.57 bits per heavy atom. The number of nitrogens with two attached hydrogens (primary N) is 1. The highest BCUT2D eigenvalue weighted by Gasteiger charge is 2.30. The molecule has 112 valence electrons. The van der Waals surface area contributed by atoms with E-state index in [0.29, 0.717) is 18.0 Å². The largest absolute Gasteiger partial charge is 0.326 e. The maximum atomic E-state index is 12.5. The Kier molecular flexibility index (Phi) is 3.83. The third kappa shape index (κ3) is 2.87. The van der Waals surface area contributed by atoms with E-state index in [-0.39, 0.29) is 6.04 Å². The zero-order valence-electron chi connectivity index (χ0n) is 11.7. The summed E-state index contributed by atoms with van der Waals surface area (Å²) in [6.45, 7) is 2.84. The Labute approximate surface area is 128 Å². The third-order valence-electron chi connectivity index (χ3n) is 3.55. The molecule has 0 spiro atoms. The summed E-state index contributed by atoms with van der Waals surface area (Å²) in [5, 5.41) is 2.88. The fourth-order valence-corrected chi connectivity index (χ4v) is 4.69. The molecule has 7 heteroatoms. The van der Waals surface area contributed by atoms with E-state index in [9.17, 15) is 8.42 Å². The monoisotopic (exact) mass is 323 g/mol. The Balaban J connectivity index is 1.87. The first-order valence-electron chi connectivity index (χ1n) is 6.75. The van der Waals surface area contributed by atoms with Crippen molar-refractivity contribution in [2.45, 2.75) is 24.3 Å². The molecular weight excluding hydrogens is 306 g/mol. The molecule has 1 aromatic heterocycles. The molecule has 0 amide bonds. The number of nitrogens with zero attached hydrogens (tertiary/aromatic N) is 2. The van der Waals surface area contributed by atoms with E-state index in [2.05, 4.69) is 4.98 Å². The molecule has 1 fully saturated rings. The van der Waals surface area contributed by atoms with E-state index >= 15 is 0 Å². The Morgan fingerprint density at radius 2 is 2.05 bits per heavy atom. The minimum atomic E-state index is -3.43. The van der Waals surface area contributed by atoms with Crippen LogP contribution >= 0.6 is 11.3 Å². The number of aromatic nitrogens is 1. The van der Waals surface area contributed by atoms with Gasteiger partial charge in [0.25, 0.3) is 0 Å². The van der Waals surface area contributed by atoms with Crippen molar-refractivity contribution < 1.29 is 8.42 Å². The summed E-state index contributed by atoms with van der Waals surface area (Å²) in [6.07, 6.45) is 0.718. The first kappa shape index (κ1) is 14.6. The lowest BCUT2D eigenvalue weighted by Gasteiger charge is -2.16. The van der Waals surface area contributed by atoms with Crippen LogP contribution in [0.2, 0.25) is 0 Å². The molecule has 0 unspecified atom stereocenters. The van der Waals surface area contributed by atoms with Gasteiger partial charge in [-0.05, 0) is 25.5 Å². The summed E-state index contributed by atoms with van der Waals surface area (Å²) in [4.78, 5) is 4.72. The summed E-state index contributed by atoms with van der Waals surface area (Å²) in [5.74, 6) is 0. The molecule has 2 heterocycles. The Bertz CT molecular complexity index is 738. The van der Waals surface area contributed by atoms with Gasteiger partial charge in [0.05, 0.1) is 4.90 Å². The van der Waals surface area contributed by atoms with Crippen LogP contribution in [-0.2, 0) is 10.0 Å². The van der Waals surface area contributed by atoms with E-state index in [1.54, 1.807) is 35.6 Å². The van der Waals surface area contributed by atoms with E-state index in [1.807, 2.05) is 12.3 Å². The average molecular weight is 323 g/mol. The first-order valence-corrected chi connectivity index (χ1v) is 9.07. The second kappa shape index (κ2) is 5.49. The second-order valence-corrected chi connectivity index (χ2v) is 8.03. The van der Waals surface area contributed by atoms with Gasteiger partial charge in [0, 0.05) is 35.8 Å². The SMILES string of the molecule is Cc1csc(-c2ccc(S(=O)(=O)N3CC[C@H](N)C3)cc2)n1. The molecule has 0 bridgehead atoms.